The lowest BCUT2D eigenvalue weighted by Gasteiger charge is -2.06. The first-order valence-electron chi connectivity index (χ1n) is 4.08. The number of allylic oxidation sites excluding steroid dienone is 2. The maximum atomic E-state index is 11.1. The molecule has 0 saturated carbocycles. The molecule has 0 fully saturated rings. The van der Waals surface area contributed by atoms with Gasteiger partial charge in [-0.1, -0.05) is 6.92 Å². The van der Waals surface area contributed by atoms with Gasteiger partial charge in [0.1, 0.15) is 0 Å². The Labute approximate surface area is 68.7 Å². The molecule has 64 valence electrons. The second-order valence-corrected chi connectivity index (χ2v) is 2.56. The number of hydrogen-bond acceptors (Lipinski definition) is 2. The number of carbonyl (C=O) groups excluding carboxylic acids is 1. The highest BCUT2D eigenvalue weighted by Gasteiger charge is 2.03. The third-order valence-electron chi connectivity index (χ3n) is 1.74. The highest BCUT2D eigenvalue weighted by atomic mass is 16.1. The van der Waals surface area contributed by atoms with Crippen LogP contribution in [-0.2, 0) is 4.79 Å². The maximum Gasteiger partial charge on any atom is 0.160 e. The third-order valence-corrected chi connectivity index (χ3v) is 1.74. The first-order valence-corrected chi connectivity index (χ1v) is 4.08. The monoisotopic (exact) mass is 155 g/mol. The van der Waals surface area contributed by atoms with Gasteiger partial charge in [0.15, 0.2) is 5.78 Å². The predicted molar refractivity (Wildman–Crippen MR) is 47.3 cm³/mol. The molecular weight excluding hydrogens is 138 g/mol. The normalized spacial score (nSPS) is 12.4. The molecule has 0 saturated heterocycles. The lowest BCUT2D eigenvalue weighted by molar-refractivity contribution is -0.115. The molecule has 0 radical (unpaired) electrons. The van der Waals surface area contributed by atoms with Crippen molar-refractivity contribution in [2.45, 2.75) is 34.1 Å². The average molecular weight is 155 g/mol. The van der Waals surface area contributed by atoms with Crippen LogP contribution in [0, 0.1) is 0 Å². The van der Waals surface area contributed by atoms with E-state index in [2.05, 4.69) is 5.32 Å². The molecule has 0 aliphatic heterocycles. The van der Waals surface area contributed by atoms with E-state index in [4.69, 9.17) is 0 Å². The van der Waals surface area contributed by atoms with Crippen LogP contribution in [0.3, 0.4) is 0 Å². The first kappa shape index (κ1) is 10.2. The number of Topliss-reactive ketones (excluding diaryl/α,β-unsaturated/α-hetero) is 1. The van der Waals surface area contributed by atoms with Crippen molar-refractivity contribution in [3.8, 4) is 0 Å². The number of rotatable bonds is 4. The SMILES string of the molecule is CCN/C(C)=C(\C)C(=O)CC. The van der Waals surface area contributed by atoms with Crippen LogP contribution in [0.1, 0.15) is 34.1 Å². The standard InChI is InChI=1S/C9H17NO/c1-5-9(11)7(3)8(4)10-6-2/h10H,5-6H2,1-4H3/b8-7+. The molecule has 0 unspecified atom stereocenters. The fraction of sp³-hybridized carbons (Fsp3) is 0.667. The van der Waals surface area contributed by atoms with Gasteiger partial charge in [-0.3, -0.25) is 4.79 Å². The Morgan fingerprint density at radius 3 is 2.18 bits per heavy atom. The molecule has 0 amide bonds. The molecule has 0 aromatic rings. The Bertz CT molecular complexity index is 170. The van der Waals surface area contributed by atoms with E-state index in [0.717, 1.165) is 17.8 Å². The van der Waals surface area contributed by atoms with Crippen molar-refractivity contribution in [1.82, 2.24) is 5.32 Å². The van der Waals surface area contributed by atoms with Crippen LogP contribution < -0.4 is 5.32 Å². The van der Waals surface area contributed by atoms with Gasteiger partial charge < -0.3 is 5.32 Å². The Morgan fingerprint density at radius 2 is 1.82 bits per heavy atom. The van der Waals surface area contributed by atoms with Crippen LogP contribution in [0.5, 0.6) is 0 Å². The highest BCUT2D eigenvalue weighted by Crippen LogP contribution is 2.03. The van der Waals surface area contributed by atoms with E-state index in [9.17, 15) is 4.79 Å². The zero-order valence-corrected chi connectivity index (χ0v) is 7.82. The second kappa shape index (κ2) is 4.94. The fourth-order valence-electron chi connectivity index (χ4n) is 0.872. The minimum absolute atomic E-state index is 0.225. The number of carbonyl (C=O) groups is 1. The van der Waals surface area contributed by atoms with Gasteiger partial charge in [-0.2, -0.15) is 0 Å². The van der Waals surface area contributed by atoms with Crippen LogP contribution in [-0.4, -0.2) is 12.3 Å². The molecule has 2 heteroatoms. The summed E-state index contributed by atoms with van der Waals surface area (Å²) in [6.07, 6.45) is 0.592. The number of hydrogen-bond donors (Lipinski definition) is 1. The van der Waals surface area contributed by atoms with E-state index in [1.54, 1.807) is 0 Å². The summed E-state index contributed by atoms with van der Waals surface area (Å²) in [5, 5.41) is 3.12. The molecule has 2 nitrogen and oxygen atoms in total. The van der Waals surface area contributed by atoms with Gasteiger partial charge in [0, 0.05) is 24.2 Å². The molecule has 0 bridgehead atoms. The van der Waals surface area contributed by atoms with Gasteiger partial charge in [0.05, 0.1) is 0 Å². The van der Waals surface area contributed by atoms with Crippen LogP contribution in [0.4, 0.5) is 0 Å². The van der Waals surface area contributed by atoms with Crippen LogP contribution in [0.2, 0.25) is 0 Å². The summed E-state index contributed by atoms with van der Waals surface area (Å²) in [6.45, 7) is 8.58. The van der Waals surface area contributed by atoms with Crippen molar-refractivity contribution in [3.63, 3.8) is 0 Å². The summed E-state index contributed by atoms with van der Waals surface area (Å²) in [4.78, 5) is 11.1. The van der Waals surface area contributed by atoms with E-state index in [1.807, 2.05) is 27.7 Å². The minimum atomic E-state index is 0.225. The quantitative estimate of drug-likeness (QED) is 0.628. The van der Waals surface area contributed by atoms with Crippen molar-refractivity contribution in [1.29, 1.82) is 0 Å². The van der Waals surface area contributed by atoms with E-state index in [-0.39, 0.29) is 5.78 Å². The lowest BCUT2D eigenvalue weighted by atomic mass is 10.1. The first-order chi connectivity index (χ1) is 5.13. The largest absolute Gasteiger partial charge is 0.389 e. The van der Waals surface area contributed by atoms with Gasteiger partial charge in [0.25, 0.3) is 0 Å². The molecule has 11 heavy (non-hydrogen) atoms. The van der Waals surface area contributed by atoms with Gasteiger partial charge >= 0.3 is 0 Å². The molecule has 0 spiro atoms. The van der Waals surface area contributed by atoms with Crippen LogP contribution in [0.25, 0.3) is 0 Å². The van der Waals surface area contributed by atoms with E-state index in [1.165, 1.54) is 0 Å². The van der Waals surface area contributed by atoms with Crippen molar-refractivity contribution in [2.75, 3.05) is 6.54 Å². The van der Waals surface area contributed by atoms with Gasteiger partial charge in [0.2, 0.25) is 0 Å². The fourth-order valence-corrected chi connectivity index (χ4v) is 0.872. The summed E-state index contributed by atoms with van der Waals surface area (Å²) in [5.41, 5.74) is 1.86. The Hall–Kier alpha value is -0.790. The summed E-state index contributed by atoms with van der Waals surface area (Å²) in [5.74, 6) is 0.225. The molecule has 0 rings (SSSR count). The molecular formula is C9H17NO. The van der Waals surface area contributed by atoms with E-state index in [0.29, 0.717) is 6.42 Å². The highest BCUT2D eigenvalue weighted by molar-refractivity contribution is 5.95. The third kappa shape index (κ3) is 3.21. The van der Waals surface area contributed by atoms with Crippen LogP contribution in [0.15, 0.2) is 11.3 Å². The summed E-state index contributed by atoms with van der Waals surface area (Å²) in [7, 11) is 0. The smallest absolute Gasteiger partial charge is 0.160 e. The zero-order valence-electron chi connectivity index (χ0n) is 7.82. The Balaban J connectivity index is 4.26. The Morgan fingerprint density at radius 1 is 1.27 bits per heavy atom. The molecule has 0 aromatic heterocycles. The van der Waals surface area contributed by atoms with Gasteiger partial charge in [-0.25, -0.2) is 0 Å². The number of nitrogens with one attached hydrogen (secondary N) is 1. The molecule has 0 heterocycles. The summed E-state index contributed by atoms with van der Waals surface area (Å²) >= 11 is 0. The van der Waals surface area contributed by atoms with Crippen LogP contribution >= 0.6 is 0 Å². The summed E-state index contributed by atoms with van der Waals surface area (Å²) in [6, 6.07) is 0. The van der Waals surface area contributed by atoms with Gasteiger partial charge in [-0.05, 0) is 20.8 Å². The predicted octanol–water partition coefficient (Wildman–Crippen LogP) is 1.87. The van der Waals surface area contributed by atoms with Crippen molar-refractivity contribution >= 4 is 5.78 Å². The van der Waals surface area contributed by atoms with Crippen molar-refractivity contribution in [3.05, 3.63) is 11.3 Å². The topological polar surface area (TPSA) is 29.1 Å². The molecule has 0 atom stereocenters. The van der Waals surface area contributed by atoms with Gasteiger partial charge in [-0.15, -0.1) is 0 Å². The molecule has 0 aliphatic rings. The second-order valence-electron chi connectivity index (χ2n) is 2.56. The van der Waals surface area contributed by atoms with E-state index >= 15 is 0 Å². The molecule has 0 aromatic carbocycles. The zero-order chi connectivity index (χ0) is 8.85. The Kier molecular flexibility index (Phi) is 4.59. The molecule has 0 aliphatic carbocycles. The summed E-state index contributed by atoms with van der Waals surface area (Å²) < 4.78 is 0. The maximum absolute atomic E-state index is 11.1. The average Bonchev–Trinajstić information content (AvgIpc) is 2.02. The van der Waals surface area contributed by atoms with Crippen molar-refractivity contribution < 1.29 is 4.79 Å². The molecule has 1 N–H and O–H groups in total. The lowest BCUT2D eigenvalue weighted by Crippen LogP contribution is -2.14. The van der Waals surface area contributed by atoms with Crippen molar-refractivity contribution in [2.24, 2.45) is 0 Å². The number of ketones is 1. The minimum Gasteiger partial charge on any atom is -0.389 e. The van der Waals surface area contributed by atoms with E-state index < -0.39 is 0 Å².